The zero-order valence-corrected chi connectivity index (χ0v) is 9.20. The predicted octanol–water partition coefficient (Wildman–Crippen LogP) is 2.67. The molecule has 0 aliphatic carbocycles. The quantitative estimate of drug-likeness (QED) is 0.880. The first-order chi connectivity index (χ1) is 7.22. The summed E-state index contributed by atoms with van der Waals surface area (Å²) in [6.45, 7) is -0.126. The van der Waals surface area contributed by atoms with E-state index in [0.29, 0.717) is 15.7 Å². The third-order valence-electron chi connectivity index (χ3n) is 2.00. The molecule has 0 fully saturated rings. The Balaban J connectivity index is 2.49. The molecule has 0 bridgehead atoms. The van der Waals surface area contributed by atoms with E-state index in [4.69, 9.17) is 28.3 Å². The van der Waals surface area contributed by atoms with Gasteiger partial charge in [-0.1, -0.05) is 29.3 Å². The van der Waals surface area contributed by atoms with Gasteiger partial charge >= 0.3 is 0 Å². The van der Waals surface area contributed by atoms with E-state index in [-0.39, 0.29) is 6.61 Å². The number of aromatic nitrogens is 2. The molecular weight excluding hydrogens is 235 g/mol. The Morgan fingerprint density at radius 2 is 2.13 bits per heavy atom. The van der Waals surface area contributed by atoms with Gasteiger partial charge < -0.3 is 5.11 Å². The summed E-state index contributed by atoms with van der Waals surface area (Å²) >= 11 is 11.9. The second-order valence-electron chi connectivity index (χ2n) is 3.01. The highest BCUT2D eigenvalue weighted by atomic mass is 35.5. The first-order valence-electron chi connectivity index (χ1n) is 4.31. The Kier molecular flexibility index (Phi) is 2.95. The van der Waals surface area contributed by atoms with Crippen LogP contribution in [0.15, 0.2) is 30.5 Å². The SMILES string of the molecule is OCc1cnn(-c2cccc(Cl)c2)c1Cl. The molecule has 2 rings (SSSR count). The average Bonchev–Trinajstić information content (AvgIpc) is 2.59. The van der Waals surface area contributed by atoms with Crippen LogP contribution < -0.4 is 0 Å². The predicted molar refractivity (Wildman–Crippen MR) is 59.5 cm³/mol. The normalized spacial score (nSPS) is 10.6. The van der Waals surface area contributed by atoms with Crippen molar-refractivity contribution in [3.63, 3.8) is 0 Å². The lowest BCUT2D eigenvalue weighted by molar-refractivity contribution is 0.282. The number of aliphatic hydroxyl groups is 1. The van der Waals surface area contributed by atoms with E-state index in [0.717, 1.165) is 5.69 Å². The fourth-order valence-corrected chi connectivity index (χ4v) is 1.70. The van der Waals surface area contributed by atoms with Gasteiger partial charge in [0.25, 0.3) is 0 Å². The van der Waals surface area contributed by atoms with Crippen LogP contribution in [0.25, 0.3) is 5.69 Å². The van der Waals surface area contributed by atoms with Crippen LogP contribution in [0.3, 0.4) is 0 Å². The maximum Gasteiger partial charge on any atom is 0.138 e. The molecule has 1 aromatic carbocycles. The summed E-state index contributed by atoms with van der Waals surface area (Å²) in [7, 11) is 0. The van der Waals surface area contributed by atoms with E-state index in [9.17, 15) is 0 Å². The molecule has 1 aromatic heterocycles. The number of nitrogens with zero attached hydrogens (tertiary/aromatic N) is 2. The lowest BCUT2D eigenvalue weighted by Crippen LogP contribution is -1.96. The number of hydrogen-bond donors (Lipinski definition) is 1. The zero-order valence-electron chi connectivity index (χ0n) is 7.69. The maximum absolute atomic E-state index is 8.97. The third-order valence-corrected chi connectivity index (χ3v) is 2.64. The van der Waals surface area contributed by atoms with Crippen molar-refractivity contribution in [1.82, 2.24) is 9.78 Å². The molecule has 5 heteroatoms. The van der Waals surface area contributed by atoms with Gasteiger partial charge in [0.05, 0.1) is 18.5 Å². The van der Waals surface area contributed by atoms with Crippen LogP contribution in [0.4, 0.5) is 0 Å². The van der Waals surface area contributed by atoms with Gasteiger partial charge in [-0.25, -0.2) is 4.68 Å². The highest BCUT2D eigenvalue weighted by Crippen LogP contribution is 2.21. The van der Waals surface area contributed by atoms with E-state index in [2.05, 4.69) is 5.10 Å². The van der Waals surface area contributed by atoms with Crippen LogP contribution in [0.1, 0.15) is 5.56 Å². The molecule has 0 saturated heterocycles. The molecule has 0 atom stereocenters. The fraction of sp³-hybridized carbons (Fsp3) is 0.100. The van der Waals surface area contributed by atoms with Crippen molar-refractivity contribution in [3.8, 4) is 5.69 Å². The highest BCUT2D eigenvalue weighted by molar-refractivity contribution is 6.31. The van der Waals surface area contributed by atoms with Gasteiger partial charge in [-0.15, -0.1) is 0 Å². The summed E-state index contributed by atoms with van der Waals surface area (Å²) in [5, 5.41) is 14.1. The van der Waals surface area contributed by atoms with Crippen molar-refractivity contribution in [3.05, 3.63) is 46.2 Å². The van der Waals surface area contributed by atoms with E-state index >= 15 is 0 Å². The number of hydrogen-bond acceptors (Lipinski definition) is 2. The van der Waals surface area contributed by atoms with Crippen LogP contribution in [0.2, 0.25) is 10.2 Å². The van der Waals surface area contributed by atoms with Crippen LogP contribution in [-0.2, 0) is 6.61 Å². The highest BCUT2D eigenvalue weighted by Gasteiger charge is 2.08. The summed E-state index contributed by atoms with van der Waals surface area (Å²) in [6, 6.07) is 7.18. The molecule has 0 radical (unpaired) electrons. The maximum atomic E-state index is 8.97. The van der Waals surface area contributed by atoms with Crippen molar-refractivity contribution in [1.29, 1.82) is 0 Å². The van der Waals surface area contributed by atoms with Gasteiger partial charge in [0, 0.05) is 10.6 Å². The summed E-state index contributed by atoms with van der Waals surface area (Å²) < 4.78 is 1.53. The third kappa shape index (κ3) is 2.00. The Morgan fingerprint density at radius 3 is 2.73 bits per heavy atom. The van der Waals surface area contributed by atoms with E-state index < -0.39 is 0 Å². The van der Waals surface area contributed by atoms with Gasteiger partial charge in [-0.05, 0) is 18.2 Å². The van der Waals surface area contributed by atoms with Crippen molar-refractivity contribution < 1.29 is 5.11 Å². The van der Waals surface area contributed by atoms with Crippen LogP contribution >= 0.6 is 23.2 Å². The number of rotatable bonds is 2. The standard InChI is InChI=1S/C10H8Cl2N2O/c11-8-2-1-3-9(4-8)14-10(12)7(6-15)5-13-14/h1-5,15H,6H2. The largest absolute Gasteiger partial charge is 0.392 e. The molecule has 0 unspecified atom stereocenters. The lowest BCUT2D eigenvalue weighted by Gasteiger charge is -2.03. The average molecular weight is 243 g/mol. The second kappa shape index (κ2) is 4.23. The van der Waals surface area contributed by atoms with Crippen LogP contribution in [0.5, 0.6) is 0 Å². The van der Waals surface area contributed by atoms with E-state index in [1.54, 1.807) is 12.1 Å². The molecular formula is C10H8Cl2N2O. The molecule has 0 spiro atoms. The molecule has 3 nitrogen and oxygen atoms in total. The summed E-state index contributed by atoms with van der Waals surface area (Å²) in [5.74, 6) is 0. The van der Waals surface area contributed by atoms with Gasteiger partial charge in [-0.3, -0.25) is 0 Å². The summed E-state index contributed by atoms with van der Waals surface area (Å²) in [6.07, 6.45) is 1.53. The summed E-state index contributed by atoms with van der Waals surface area (Å²) in [5.41, 5.74) is 1.36. The van der Waals surface area contributed by atoms with Crippen LogP contribution in [-0.4, -0.2) is 14.9 Å². The van der Waals surface area contributed by atoms with Crippen molar-refractivity contribution in [2.24, 2.45) is 0 Å². The molecule has 78 valence electrons. The van der Waals surface area contributed by atoms with Gasteiger partial charge in [0.15, 0.2) is 0 Å². The smallest absolute Gasteiger partial charge is 0.138 e. The monoisotopic (exact) mass is 242 g/mol. The number of aliphatic hydroxyl groups excluding tert-OH is 1. The topological polar surface area (TPSA) is 38.1 Å². The zero-order chi connectivity index (χ0) is 10.8. The molecule has 0 amide bonds. The molecule has 0 aliphatic rings. The molecule has 0 aliphatic heterocycles. The van der Waals surface area contributed by atoms with Gasteiger partial charge in [-0.2, -0.15) is 5.10 Å². The molecule has 1 N–H and O–H groups in total. The number of benzene rings is 1. The lowest BCUT2D eigenvalue weighted by atomic mass is 10.3. The first kappa shape index (κ1) is 10.5. The number of halogens is 2. The Labute approximate surface area is 96.9 Å². The van der Waals surface area contributed by atoms with Gasteiger partial charge in [0.2, 0.25) is 0 Å². The Bertz CT molecular complexity index is 482. The second-order valence-corrected chi connectivity index (χ2v) is 3.80. The molecule has 2 aromatic rings. The minimum Gasteiger partial charge on any atom is -0.392 e. The minimum atomic E-state index is -0.126. The Hall–Kier alpha value is -1.03. The van der Waals surface area contributed by atoms with E-state index in [1.807, 2.05) is 12.1 Å². The molecule has 0 saturated carbocycles. The van der Waals surface area contributed by atoms with Crippen molar-refractivity contribution in [2.75, 3.05) is 0 Å². The van der Waals surface area contributed by atoms with E-state index in [1.165, 1.54) is 10.9 Å². The van der Waals surface area contributed by atoms with Crippen LogP contribution in [0, 0.1) is 0 Å². The molecule has 1 heterocycles. The van der Waals surface area contributed by atoms with Crippen molar-refractivity contribution in [2.45, 2.75) is 6.61 Å². The fourth-order valence-electron chi connectivity index (χ4n) is 1.26. The minimum absolute atomic E-state index is 0.126. The molecule has 15 heavy (non-hydrogen) atoms. The summed E-state index contributed by atoms with van der Waals surface area (Å²) in [4.78, 5) is 0. The van der Waals surface area contributed by atoms with Gasteiger partial charge in [0.1, 0.15) is 5.15 Å². The van der Waals surface area contributed by atoms with Crippen molar-refractivity contribution >= 4 is 23.2 Å². The first-order valence-corrected chi connectivity index (χ1v) is 5.07. The Morgan fingerprint density at radius 1 is 1.33 bits per heavy atom.